The Hall–Kier alpha value is -2.21. The standard InChI is InChI=1S/C15H19N3O3/c1-3-15(19,4-2)10-17-14-11-7-5-6-8-12(11)16-9-13(14)18(20)21/h5-9,19H,3-4,10H2,1-2H3,(H,16,17). The number of hydrogen-bond donors (Lipinski definition) is 2. The van der Waals surface area contributed by atoms with Gasteiger partial charge in [0.2, 0.25) is 0 Å². The van der Waals surface area contributed by atoms with Gasteiger partial charge in [-0.2, -0.15) is 0 Å². The molecule has 0 saturated carbocycles. The molecule has 0 amide bonds. The minimum absolute atomic E-state index is 0.0803. The number of aliphatic hydroxyl groups is 1. The number of benzene rings is 1. The molecule has 2 rings (SSSR count). The van der Waals surface area contributed by atoms with E-state index in [0.717, 1.165) is 0 Å². The van der Waals surface area contributed by atoms with Gasteiger partial charge in [0.1, 0.15) is 11.9 Å². The average molecular weight is 289 g/mol. The summed E-state index contributed by atoms with van der Waals surface area (Å²) >= 11 is 0. The highest BCUT2D eigenvalue weighted by Crippen LogP contribution is 2.32. The van der Waals surface area contributed by atoms with Crippen LogP contribution in [0.15, 0.2) is 30.5 Å². The van der Waals surface area contributed by atoms with Gasteiger partial charge in [-0.25, -0.2) is 4.98 Å². The van der Waals surface area contributed by atoms with Gasteiger partial charge < -0.3 is 10.4 Å². The van der Waals surface area contributed by atoms with E-state index in [1.54, 1.807) is 12.1 Å². The van der Waals surface area contributed by atoms with E-state index < -0.39 is 10.5 Å². The normalized spacial score (nSPS) is 11.6. The van der Waals surface area contributed by atoms with Crippen molar-refractivity contribution >= 4 is 22.3 Å². The van der Waals surface area contributed by atoms with Crippen molar-refractivity contribution in [3.63, 3.8) is 0 Å². The molecule has 0 saturated heterocycles. The van der Waals surface area contributed by atoms with Gasteiger partial charge in [0.05, 0.1) is 16.0 Å². The molecule has 0 atom stereocenters. The monoisotopic (exact) mass is 289 g/mol. The first kappa shape index (κ1) is 15.2. The molecule has 6 nitrogen and oxygen atoms in total. The fourth-order valence-electron chi connectivity index (χ4n) is 2.21. The molecule has 1 aromatic heterocycles. The van der Waals surface area contributed by atoms with Gasteiger partial charge in [0, 0.05) is 11.9 Å². The molecule has 0 unspecified atom stereocenters. The van der Waals surface area contributed by atoms with Gasteiger partial charge in [0.15, 0.2) is 0 Å². The zero-order valence-electron chi connectivity index (χ0n) is 12.2. The number of aromatic nitrogens is 1. The number of nitrogens with one attached hydrogen (secondary N) is 1. The van der Waals surface area contributed by atoms with Crippen molar-refractivity contribution in [1.82, 2.24) is 4.98 Å². The van der Waals surface area contributed by atoms with Crippen molar-refractivity contribution in [2.45, 2.75) is 32.3 Å². The van der Waals surface area contributed by atoms with Crippen molar-refractivity contribution in [3.8, 4) is 0 Å². The summed E-state index contributed by atoms with van der Waals surface area (Å²) in [6, 6.07) is 7.23. The van der Waals surface area contributed by atoms with Gasteiger partial charge in [-0.05, 0) is 18.9 Å². The minimum atomic E-state index is -0.877. The molecule has 1 aromatic carbocycles. The summed E-state index contributed by atoms with van der Waals surface area (Å²) in [4.78, 5) is 14.8. The van der Waals surface area contributed by atoms with Crippen LogP contribution in [0.4, 0.5) is 11.4 Å². The number of para-hydroxylation sites is 1. The highest BCUT2D eigenvalue weighted by Gasteiger charge is 2.25. The molecule has 2 N–H and O–H groups in total. The number of rotatable bonds is 6. The molecule has 6 heteroatoms. The maximum atomic E-state index is 11.2. The highest BCUT2D eigenvalue weighted by atomic mass is 16.6. The number of pyridine rings is 1. The molecule has 0 spiro atoms. The van der Waals surface area contributed by atoms with E-state index in [4.69, 9.17) is 0 Å². The van der Waals surface area contributed by atoms with Crippen LogP contribution in [0.3, 0.4) is 0 Å². The van der Waals surface area contributed by atoms with Crippen LogP contribution in [-0.4, -0.2) is 27.2 Å². The first-order chi connectivity index (χ1) is 10.0. The van der Waals surface area contributed by atoms with Crippen LogP contribution in [0.25, 0.3) is 10.9 Å². The zero-order valence-corrected chi connectivity index (χ0v) is 12.2. The maximum absolute atomic E-state index is 11.2. The molecule has 112 valence electrons. The molecule has 0 bridgehead atoms. The number of hydrogen-bond acceptors (Lipinski definition) is 5. The molecular formula is C15H19N3O3. The van der Waals surface area contributed by atoms with E-state index in [1.165, 1.54) is 6.20 Å². The summed E-state index contributed by atoms with van der Waals surface area (Å²) in [5.74, 6) is 0. The maximum Gasteiger partial charge on any atom is 0.311 e. The van der Waals surface area contributed by atoms with Crippen LogP contribution in [-0.2, 0) is 0 Å². The average Bonchev–Trinajstić information content (AvgIpc) is 2.51. The van der Waals surface area contributed by atoms with E-state index in [-0.39, 0.29) is 12.2 Å². The zero-order chi connectivity index (χ0) is 15.5. The first-order valence-corrected chi connectivity index (χ1v) is 6.99. The predicted molar refractivity (Wildman–Crippen MR) is 82.4 cm³/mol. The topological polar surface area (TPSA) is 88.3 Å². The van der Waals surface area contributed by atoms with Crippen molar-refractivity contribution < 1.29 is 10.0 Å². The number of fused-ring (bicyclic) bond motifs is 1. The quantitative estimate of drug-likeness (QED) is 0.630. The Balaban J connectivity index is 2.45. The van der Waals surface area contributed by atoms with Gasteiger partial charge in [-0.3, -0.25) is 10.1 Å². The number of anilines is 1. The second-order valence-electron chi connectivity index (χ2n) is 5.08. The number of nitrogens with zero attached hydrogens (tertiary/aromatic N) is 2. The largest absolute Gasteiger partial charge is 0.388 e. The second kappa shape index (κ2) is 6.05. The Morgan fingerprint density at radius 1 is 1.33 bits per heavy atom. The van der Waals surface area contributed by atoms with Gasteiger partial charge in [-0.1, -0.05) is 32.0 Å². The summed E-state index contributed by atoms with van der Waals surface area (Å²) in [6.07, 6.45) is 2.40. The lowest BCUT2D eigenvalue weighted by molar-refractivity contribution is -0.384. The van der Waals surface area contributed by atoms with E-state index in [0.29, 0.717) is 29.4 Å². The van der Waals surface area contributed by atoms with Crippen molar-refractivity contribution in [1.29, 1.82) is 0 Å². The summed E-state index contributed by atoms with van der Waals surface area (Å²) in [7, 11) is 0. The molecule has 0 aliphatic rings. The summed E-state index contributed by atoms with van der Waals surface area (Å²) in [5.41, 5.74) is 0.134. The molecule has 0 aliphatic heterocycles. The fraction of sp³-hybridized carbons (Fsp3) is 0.400. The first-order valence-electron chi connectivity index (χ1n) is 6.99. The lowest BCUT2D eigenvalue weighted by Crippen LogP contribution is -2.35. The Bertz CT molecular complexity index is 654. The highest BCUT2D eigenvalue weighted by molar-refractivity contribution is 5.95. The third kappa shape index (κ3) is 3.11. The van der Waals surface area contributed by atoms with Crippen LogP contribution in [0.2, 0.25) is 0 Å². The Morgan fingerprint density at radius 2 is 2.00 bits per heavy atom. The number of nitro groups is 1. The second-order valence-corrected chi connectivity index (χ2v) is 5.08. The predicted octanol–water partition coefficient (Wildman–Crippen LogP) is 3.11. The van der Waals surface area contributed by atoms with Gasteiger partial charge in [-0.15, -0.1) is 0 Å². The molecule has 0 radical (unpaired) electrons. The van der Waals surface area contributed by atoms with Crippen LogP contribution in [0.5, 0.6) is 0 Å². The molecule has 0 fully saturated rings. The van der Waals surface area contributed by atoms with Crippen molar-refractivity contribution in [2.75, 3.05) is 11.9 Å². The summed E-state index contributed by atoms with van der Waals surface area (Å²) < 4.78 is 0. The molecule has 2 aromatic rings. The third-order valence-corrected chi connectivity index (χ3v) is 3.86. The van der Waals surface area contributed by atoms with Crippen LogP contribution in [0.1, 0.15) is 26.7 Å². The van der Waals surface area contributed by atoms with Crippen molar-refractivity contribution in [2.24, 2.45) is 0 Å². The molecule has 0 aliphatic carbocycles. The smallest absolute Gasteiger partial charge is 0.311 e. The van der Waals surface area contributed by atoms with E-state index in [1.807, 2.05) is 26.0 Å². The lowest BCUT2D eigenvalue weighted by atomic mass is 9.97. The van der Waals surface area contributed by atoms with Crippen LogP contribution in [0, 0.1) is 10.1 Å². The minimum Gasteiger partial charge on any atom is -0.388 e. The Kier molecular flexibility index (Phi) is 4.37. The van der Waals surface area contributed by atoms with Gasteiger partial charge in [0.25, 0.3) is 0 Å². The van der Waals surface area contributed by atoms with E-state index in [2.05, 4.69) is 10.3 Å². The summed E-state index contributed by atoms with van der Waals surface area (Å²) in [6.45, 7) is 4.04. The van der Waals surface area contributed by atoms with Gasteiger partial charge >= 0.3 is 5.69 Å². The Labute approximate surface area is 123 Å². The molecule has 21 heavy (non-hydrogen) atoms. The molecule has 1 heterocycles. The third-order valence-electron chi connectivity index (χ3n) is 3.86. The fourth-order valence-corrected chi connectivity index (χ4v) is 2.21. The van der Waals surface area contributed by atoms with Crippen molar-refractivity contribution in [3.05, 3.63) is 40.6 Å². The van der Waals surface area contributed by atoms with Crippen LogP contribution >= 0.6 is 0 Å². The SMILES string of the molecule is CCC(O)(CC)CNc1c([N+](=O)[O-])cnc2ccccc12. The summed E-state index contributed by atoms with van der Waals surface area (Å²) in [5, 5.41) is 25.3. The molecular weight excluding hydrogens is 270 g/mol. The van der Waals surface area contributed by atoms with E-state index in [9.17, 15) is 15.2 Å². The van der Waals surface area contributed by atoms with Crippen LogP contribution < -0.4 is 5.32 Å². The lowest BCUT2D eigenvalue weighted by Gasteiger charge is -2.26. The Morgan fingerprint density at radius 3 is 2.62 bits per heavy atom. The van der Waals surface area contributed by atoms with E-state index >= 15 is 0 Å².